The van der Waals surface area contributed by atoms with Crippen LogP contribution in [0.3, 0.4) is 0 Å². The van der Waals surface area contributed by atoms with Crippen molar-refractivity contribution in [2.75, 3.05) is 0 Å². The minimum atomic E-state index is -0.794. The van der Waals surface area contributed by atoms with Gasteiger partial charge in [-0.1, -0.05) is 12.1 Å². The van der Waals surface area contributed by atoms with Gasteiger partial charge < -0.3 is 9.84 Å². The fourth-order valence-electron chi connectivity index (χ4n) is 1.53. The second kappa shape index (κ2) is 4.55. The Hall–Kier alpha value is -1.88. The van der Waals surface area contributed by atoms with E-state index in [1.807, 2.05) is 0 Å². The van der Waals surface area contributed by atoms with E-state index in [0.29, 0.717) is 11.3 Å². The number of rotatable bonds is 3. The van der Waals surface area contributed by atoms with Crippen molar-refractivity contribution in [3.05, 3.63) is 42.0 Å². The lowest BCUT2D eigenvalue weighted by Gasteiger charge is -2.12. The van der Waals surface area contributed by atoms with Crippen molar-refractivity contribution < 1.29 is 14.2 Å². The van der Waals surface area contributed by atoms with E-state index in [1.54, 1.807) is 30.9 Å². The van der Waals surface area contributed by atoms with Crippen LogP contribution in [0.1, 0.15) is 18.6 Å². The summed E-state index contributed by atoms with van der Waals surface area (Å²) in [5.74, 6) is -0.0396. The molecule has 0 saturated carbocycles. The van der Waals surface area contributed by atoms with Crippen LogP contribution in [0.2, 0.25) is 0 Å². The minimum Gasteiger partial charge on any atom is -0.451 e. The Morgan fingerprint density at radius 3 is 2.82 bits per heavy atom. The number of aromatic nitrogens is 2. The lowest BCUT2D eigenvalue weighted by atomic mass is 10.1. The second-order valence-electron chi connectivity index (χ2n) is 3.79. The number of ether oxygens (including phenoxy) is 1. The van der Waals surface area contributed by atoms with E-state index in [9.17, 15) is 9.50 Å². The molecule has 2 aromatic rings. The third kappa shape index (κ3) is 2.45. The molecule has 17 heavy (non-hydrogen) atoms. The zero-order valence-corrected chi connectivity index (χ0v) is 9.59. The smallest absolute Gasteiger partial charge is 0.168 e. The number of nitrogens with zero attached hydrogens (tertiary/aromatic N) is 2. The molecule has 1 N–H and O–H groups in total. The minimum absolute atomic E-state index is 0.0375. The van der Waals surface area contributed by atoms with Gasteiger partial charge >= 0.3 is 0 Å². The van der Waals surface area contributed by atoms with Crippen LogP contribution in [0.25, 0.3) is 0 Å². The lowest BCUT2D eigenvalue weighted by Crippen LogP contribution is -1.98. The average Bonchev–Trinajstić information content (AvgIpc) is 2.67. The van der Waals surface area contributed by atoms with Crippen molar-refractivity contribution >= 4 is 0 Å². The molecule has 0 bridgehead atoms. The van der Waals surface area contributed by atoms with Crippen LogP contribution in [0, 0.1) is 5.82 Å². The highest BCUT2D eigenvalue weighted by molar-refractivity contribution is 5.39. The van der Waals surface area contributed by atoms with E-state index in [0.717, 1.165) is 0 Å². The predicted octanol–water partition coefficient (Wildman–Crippen LogP) is 2.40. The maximum atomic E-state index is 13.6. The first-order valence-electron chi connectivity index (χ1n) is 5.21. The van der Waals surface area contributed by atoms with Crippen LogP contribution in [-0.2, 0) is 7.05 Å². The van der Waals surface area contributed by atoms with Gasteiger partial charge in [0.05, 0.1) is 18.5 Å². The van der Waals surface area contributed by atoms with Crippen LogP contribution in [0.15, 0.2) is 30.6 Å². The van der Waals surface area contributed by atoms with Crippen molar-refractivity contribution in [2.45, 2.75) is 13.0 Å². The standard InChI is InChI=1S/C12H13FN2O2/c1-8(16)10-4-3-5-11(13)12(10)17-9-6-14-15(2)7-9/h3-8,16H,1-2H3. The lowest BCUT2D eigenvalue weighted by molar-refractivity contribution is 0.194. The van der Waals surface area contributed by atoms with Gasteiger partial charge in [-0.25, -0.2) is 4.39 Å². The monoisotopic (exact) mass is 236 g/mol. The van der Waals surface area contributed by atoms with E-state index in [2.05, 4.69) is 5.10 Å². The summed E-state index contributed by atoms with van der Waals surface area (Å²) in [6.07, 6.45) is 2.31. The van der Waals surface area contributed by atoms with Crippen LogP contribution < -0.4 is 4.74 Å². The molecule has 0 amide bonds. The van der Waals surface area contributed by atoms with Gasteiger partial charge in [0.15, 0.2) is 17.3 Å². The second-order valence-corrected chi connectivity index (χ2v) is 3.79. The summed E-state index contributed by atoms with van der Waals surface area (Å²) >= 11 is 0. The molecule has 0 spiro atoms. The Kier molecular flexibility index (Phi) is 3.10. The van der Waals surface area contributed by atoms with Crippen molar-refractivity contribution in [2.24, 2.45) is 7.05 Å². The van der Waals surface area contributed by atoms with E-state index >= 15 is 0 Å². The van der Waals surface area contributed by atoms with Crippen molar-refractivity contribution in [3.8, 4) is 11.5 Å². The summed E-state index contributed by atoms with van der Waals surface area (Å²) in [7, 11) is 1.74. The van der Waals surface area contributed by atoms with Crippen molar-refractivity contribution in [3.63, 3.8) is 0 Å². The highest BCUT2D eigenvalue weighted by atomic mass is 19.1. The number of aliphatic hydroxyl groups excluding tert-OH is 1. The summed E-state index contributed by atoms with van der Waals surface area (Å²) in [6.45, 7) is 1.56. The topological polar surface area (TPSA) is 47.3 Å². The third-order valence-electron chi connectivity index (χ3n) is 2.35. The Bertz CT molecular complexity index is 523. The third-order valence-corrected chi connectivity index (χ3v) is 2.35. The van der Waals surface area contributed by atoms with Crippen LogP contribution in [0.5, 0.6) is 11.5 Å². The molecule has 2 rings (SSSR count). The number of halogens is 1. The van der Waals surface area contributed by atoms with E-state index < -0.39 is 11.9 Å². The first-order chi connectivity index (χ1) is 8.08. The van der Waals surface area contributed by atoms with Crippen LogP contribution in [-0.4, -0.2) is 14.9 Å². The Morgan fingerprint density at radius 1 is 1.47 bits per heavy atom. The van der Waals surface area contributed by atoms with E-state index in [4.69, 9.17) is 4.74 Å². The highest BCUT2D eigenvalue weighted by Crippen LogP contribution is 2.31. The van der Waals surface area contributed by atoms with Crippen LogP contribution >= 0.6 is 0 Å². The molecule has 1 aromatic heterocycles. The first-order valence-corrected chi connectivity index (χ1v) is 5.21. The van der Waals surface area contributed by atoms with Crippen molar-refractivity contribution in [1.29, 1.82) is 0 Å². The van der Waals surface area contributed by atoms with Gasteiger partial charge in [0.2, 0.25) is 0 Å². The van der Waals surface area contributed by atoms with Gasteiger partial charge in [0, 0.05) is 12.6 Å². The molecule has 1 heterocycles. The molecule has 0 fully saturated rings. The molecule has 0 aliphatic carbocycles. The zero-order valence-electron chi connectivity index (χ0n) is 9.59. The van der Waals surface area contributed by atoms with Gasteiger partial charge in [0.1, 0.15) is 0 Å². The number of para-hydroxylation sites is 1. The zero-order chi connectivity index (χ0) is 12.4. The van der Waals surface area contributed by atoms with E-state index in [-0.39, 0.29) is 5.75 Å². The molecule has 0 aliphatic heterocycles. The summed E-state index contributed by atoms with van der Waals surface area (Å²) in [5.41, 5.74) is 0.411. The Morgan fingerprint density at radius 2 is 2.24 bits per heavy atom. The Labute approximate surface area is 98.3 Å². The van der Waals surface area contributed by atoms with Gasteiger partial charge in [0.25, 0.3) is 0 Å². The molecule has 5 heteroatoms. The van der Waals surface area contributed by atoms with Gasteiger partial charge in [-0.3, -0.25) is 4.68 Å². The number of aliphatic hydroxyl groups is 1. The predicted molar refractivity (Wildman–Crippen MR) is 60.3 cm³/mol. The maximum Gasteiger partial charge on any atom is 0.168 e. The summed E-state index contributed by atoms with van der Waals surface area (Å²) < 4.78 is 20.6. The molecular formula is C12H13FN2O2. The average molecular weight is 236 g/mol. The highest BCUT2D eigenvalue weighted by Gasteiger charge is 2.15. The molecule has 0 radical (unpaired) electrons. The van der Waals surface area contributed by atoms with Gasteiger partial charge in [-0.2, -0.15) is 5.10 Å². The first kappa shape index (κ1) is 11.6. The number of hydrogen-bond donors (Lipinski definition) is 1. The maximum absolute atomic E-state index is 13.6. The molecule has 4 nitrogen and oxygen atoms in total. The van der Waals surface area contributed by atoms with Gasteiger partial charge in [-0.15, -0.1) is 0 Å². The largest absolute Gasteiger partial charge is 0.451 e. The summed E-state index contributed by atoms with van der Waals surface area (Å²) in [4.78, 5) is 0. The molecule has 1 atom stereocenters. The number of benzene rings is 1. The van der Waals surface area contributed by atoms with Crippen LogP contribution in [0.4, 0.5) is 4.39 Å². The Balaban J connectivity index is 2.37. The number of aryl methyl sites for hydroxylation is 1. The number of hydrogen-bond acceptors (Lipinski definition) is 3. The molecule has 90 valence electrons. The molecule has 0 saturated heterocycles. The molecule has 1 unspecified atom stereocenters. The van der Waals surface area contributed by atoms with E-state index in [1.165, 1.54) is 18.3 Å². The summed E-state index contributed by atoms with van der Waals surface area (Å²) in [5, 5.41) is 13.5. The summed E-state index contributed by atoms with van der Waals surface area (Å²) in [6, 6.07) is 4.45. The fraction of sp³-hybridized carbons (Fsp3) is 0.250. The normalized spacial score (nSPS) is 12.5. The quantitative estimate of drug-likeness (QED) is 0.890. The molecule has 1 aromatic carbocycles. The SMILES string of the molecule is CC(O)c1cccc(F)c1Oc1cnn(C)c1. The van der Waals surface area contributed by atoms with Crippen molar-refractivity contribution in [1.82, 2.24) is 9.78 Å². The van der Waals surface area contributed by atoms with Gasteiger partial charge in [-0.05, 0) is 13.0 Å². The molecular weight excluding hydrogens is 223 g/mol. The molecule has 0 aliphatic rings. The fourth-order valence-corrected chi connectivity index (χ4v) is 1.53.